The van der Waals surface area contributed by atoms with Crippen LogP contribution in [0.25, 0.3) is 0 Å². The molecule has 0 aliphatic rings. The molecule has 0 spiro atoms. The first kappa shape index (κ1) is 16.1. The van der Waals surface area contributed by atoms with Crippen LogP contribution in [0, 0.1) is 0 Å². The molecule has 1 aromatic heterocycles. The maximum atomic E-state index is 11.7. The highest BCUT2D eigenvalue weighted by Gasteiger charge is 2.26. The first-order chi connectivity index (χ1) is 11.3. The lowest BCUT2D eigenvalue weighted by Gasteiger charge is -2.13. The van der Waals surface area contributed by atoms with E-state index in [2.05, 4.69) is 15.0 Å². The number of primary sulfonamides is 1. The van der Waals surface area contributed by atoms with Crippen LogP contribution in [0.2, 0.25) is 0 Å². The van der Waals surface area contributed by atoms with Crippen LogP contribution in [0.1, 0.15) is 0 Å². The van der Waals surface area contributed by atoms with E-state index in [1.807, 2.05) is 0 Å². The number of anilines is 4. The second-order valence-corrected chi connectivity index (χ2v) is 7.27. The molecule has 0 radical (unpaired) electrons. The lowest BCUT2D eigenvalue weighted by Crippen LogP contribution is -2.35. The Kier molecular flexibility index (Phi) is 3.83. The monoisotopic (exact) mass is 366 g/mol. The third-order valence-electron chi connectivity index (χ3n) is 3.09. The van der Waals surface area contributed by atoms with Gasteiger partial charge in [-0.3, -0.25) is 9.59 Å². The third-order valence-corrected chi connectivity index (χ3v) is 5.36. The molecule has 3 aromatic rings. The van der Waals surface area contributed by atoms with Gasteiger partial charge in [0, 0.05) is 5.69 Å². The molecule has 1 heterocycles. The second-order valence-electron chi connectivity index (χ2n) is 4.74. The van der Waals surface area contributed by atoms with Crippen molar-refractivity contribution >= 4 is 44.4 Å². The molecule has 0 fully saturated rings. The van der Waals surface area contributed by atoms with Gasteiger partial charge in [0.15, 0.2) is 15.8 Å². The van der Waals surface area contributed by atoms with Crippen LogP contribution in [0.15, 0.2) is 44.1 Å². The zero-order valence-corrected chi connectivity index (χ0v) is 13.4. The summed E-state index contributed by atoms with van der Waals surface area (Å²) in [6.45, 7) is 0. The minimum Gasteiger partial charge on any atom is -0.503 e. The van der Waals surface area contributed by atoms with Crippen molar-refractivity contribution in [1.29, 1.82) is 0 Å². The molecule has 0 saturated carbocycles. The van der Waals surface area contributed by atoms with Crippen LogP contribution in [0.5, 0.6) is 5.75 Å². The third kappa shape index (κ3) is 2.75. The Balaban J connectivity index is 1.93. The Bertz CT molecular complexity index is 1080. The maximum Gasteiger partial charge on any atom is 0.253 e. The molecule has 3 rings (SSSR count). The van der Waals surface area contributed by atoms with E-state index in [-0.39, 0.29) is 17.2 Å². The van der Waals surface area contributed by atoms with Crippen molar-refractivity contribution in [2.45, 2.75) is 4.21 Å². The summed E-state index contributed by atoms with van der Waals surface area (Å²) in [4.78, 5) is 23.4. The normalized spacial score (nSPS) is 11.5. The molecule has 0 amide bonds. The molecule has 11 heteroatoms. The van der Waals surface area contributed by atoms with E-state index in [1.54, 1.807) is 30.3 Å². The van der Waals surface area contributed by atoms with Gasteiger partial charge in [0.2, 0.25) is 0 Å². The second kappa shape index (κ2) is 5.70. The van der Waals surface area contributed by atoms with Gasteiger partial charge in [-0.1, -0.05) is 18.2 Å². The number of hydrogen-bond donors (Lipinski definition) is 4. The Morgan fingerprint density at radius 2 is 1.62 bits per heavy atom. The van der Waals surface area contributed by atoms with E-state index in [9.17, 15) is 23.1 Å². The topological polar surface area (TPSA) is 151 Å². The number of nitrogens with one attached hydrogen (secondary N) is 2. The molecular formula is C13H10N4O5S2. The van der Waals surface area contributed by atoms with Crippen molar-refractivity contribution < 1.29 is 13.5 Å². The average molecular weight is 366 g/mol. The van der Waals surface area contributed by atoms with Gasteiger partial charge in [-0.15, -0.1) is 0 Å². The predicted molar refractivity (Wildman–Crippen MR) is 89.5 cm³/mol. The van der Waals surface area contributed by atoms with E-state index in [0.29, 0.717) is 17.2 Å². The van der Waals surface area contributed by atoms with Gasteiger partial charge < -0.3 is 15.7 Å². The van der Waals surface area contributed by atoms with Crippen molar-refractivity contribution in [3.8, 4) is 5.75 Å². The summed E-state index contributed by atoms with van der Waals surface area (Å²) in [7, 11) is -4.14. The number of aromatic hydroxyl groups is 1. The Morgan fingerprint density at radius 1 is 1.04 bits per heavy atom. The zero-order valence-electron chi connectivity index (χ0n) is 11.8. The van der Waals surface area contributed by atoms with Crippen LogP contribution in [0.3, 0.4) is 0 Å². The molecule has 2 aromatic carbocycles. The fourth-order valence-electron chi connectivity index (χ4n) is 1.95. The van der Waals surface area contributed by atoms with Gasteiger partial charge in [0.05, 0.1) is 0 Å². The number of hydrogen-bond acceptors (Lipinski definition) is 9. The molecule has 5 N–H and O–H groups in total. The molecule has 0 aliphatic heterocycles. The average Bonchev–Trinajstić information content (AvgIpc) is 2.92. The summed E-state index contributed by atoms with van der Waals surface area (Å²) in [6.07, 6.45) is 0. The van der Waals surface area contributed by atoms with Crippen LogP contribution >= 0.6 is 11.5 Å². The molecule has 0 saturated heterocycles. The van der Waals surface area contributed by atoms with Crippen LogP contribution < -0.4 is 26.6 Å². The summed E-state index contributed by atoms with van der Waals surface area (Å²) in [5.41, 5.74) is -1.08. The summed E-state index contributed by atoms with van der Waals surface area (Å²) in [6, 6.07) is 8.66. The predicted octanol–water partition coefficient (Wildman–Crippen LogP) is 0.579. The molecule has 9 nitrogen and oxygen atoms in total. The van der Waals surface area contributed by atoms with Crippen molar-refractivity contribution in [3.05, 3.63) is 50.8 Å². The van der Waals surface area contributed by atoms with Crippen LogP contribution in [0.4, 0.5) is 22.9 Å². The number of rotatable bonds is 5. The molecule has 124 valence electrons. The van der Waals surface area contributed by atoms with Gasteiger partial charge in [0.1, 0.15) is 11.4 Å². The standard InChI is InChI=1S/C13H10N4O5S2/c14-24(21,22)13-11(20)12(17-23-13)16-8-7(9(18)10(8)19)15-6-4-2-1-3-5-6/h1-5,15,20H,(H,16,17)(H2,14,21,22). The summed E-state index contributed by atoms with van der Waals surface area (Å²) < 4.78 is 25.7. The van der Waals surface area contributed by atoms with E-state index >= 15 is 0 Å². The minimum atomic E-state index is -4.14. The summed E-state index contributed by atoms with van der Waals surface area (Å²) in [5.74, 6) is -0.978. The van der Waals surface area contributed by atoms with Gasteiger partial charge in [-0.2, -0.15) is 4.37 Å². The SMILES string of the molecule is NS(=O)(=O)c1snc(Nc2c(Nc3ccccc3)c(=O)c2=O)c1O. The number of sulfonamides is 1. The smallest absolute Gasteiger partial charge is 0.253 e. The highest BCUT2D eigenvalue weighted by Crippen LogP contribution is 2.36. The van der Waals surface area contributed by atoms with Crippen molar-refractivity contribution in [3.63, 3.8) is 0 Å². The van der Waals surface area contributed by atoms with Crippen molar-refractivity contribution in [2.24, 2.45) is 5.14 Å². The highest BCUT2D eigenvalue weighted by molar-refractivity contribution is 7.91. The molecule has 0 bridgehead atoms. The fourth-order valence-corrected chi connectivity index (χ4v) is 3.34. The molecular weight excluding hydrogens is 356 g/mol. The Hall–Kier alpha value is -2.76. The molecule has 24 heavy (non-hydrogen) atoms. The number of para-hydroxylation sites is 1. The van der Waals surface area contributed by atoms with E-state index < -0.39 is 30.8 Å². The fraction of sp³-hybridized carbons (Fsp3) is 0. The van der Waals surface area contributed by atoms with Gasteiger partial charge in [0.25, 0.3) is 20.9 Å². The largest absolute Gasteiger partial charge is 0.503 e. The first-order valence-electron chi connectivity index (χ1n) is 6.43. The quantitative estimate of drug-likeness (QED) is 0.479. The van der Waals surface area contributed by atoms with Crippen LogP contribution in [-0.2, 0) is 10.0 Å². The van der Waals surface area contributed by atoms with E-state index in [1.165, 1.54) is 0 Å². The van der Waals surface area contributed by atoms with E-state index in [0.717, 1.165) is 0 Å². The molecule has 0 unspecified atom stereocenters. The van der Waals surface area contributed by atoms with Crippen LogP contribution in [-0.4, -0.2) is 17.9 Å². The van der Waals surface area contributed by atoms with Gasteiger partial charge >= 0.3 is 0 Å². The molecule has 0 atom stereocenters. The lowest BCUT2D eigenvalue weighted by atomic mass is 10.1. The van der Waals surface area contributed by atoms with Gasteiger partial charge in [-0.25, -0.2) is 13.6 Å². The Labute approximate surface area is 139 Å². The minimum absolute atomic E-state index is 0.00393. The number of nitrogens with zero attached hydrogens (tertiary/aromatic N) is 1. The lowest BCUT2D eigenvalue weighted by molar-refractivity contribution is 0.465. The summed E-state index contributed by atoms with van der Waals surface area (Å²) in [5, 5.41) is 20.0. The number of aromatic nitrogens is 1. The highest BCUT2D eigenvalue weighted by atomic mass is 32.2. The van der Waals surface area contributed by atoms with Crippen molar-refractivity contribution in [2.75, 3.05) is 10.6 Å². The van der Waals surface area contributed by atoms with Crippen molar-refractivity contribution in [1.82, 2.24) is 4.37 Å². The summed E-state index contributed by atoms with van der Waals surface area (Å²) >= 11 is 0.452. The number of benzene rings is 1. The number of nitrogens with two attached hydrogens (primary N) is 1. The maximum absolute atomic E-state index is 11.7. The first-order valence-corrected chi connectivity index (χ1v) is 8.75. The Morgan fingerprint density at radius 3 is 2.17 bits per heavy atom. The van der Waals surface area contributed by atoms with E-state index in [4.69, 9.17) is 5.14 Å². The zero-order chi connectivity index (χ0) is 17.5. The van der Waals surface area contributed by atoms with Gasteiger partial charge in [-0.05, 0) is 23.7 Å². The molecule has 0 aliphatic carbocycles.